The normalized spacial score (nSPS) is 10.7. The summed E-state index contributed by atoms with van der Waals surface area (Å²) in [5.41, 5.74) is 0.442. The first-order chi connectivity index (χ1) is 8.70. The molecule has 0 spiro atoms. The average molecular weight is 262 g/mol. The molecule has 0 unspecified atom stereocenters. The molecule has 0 saturated heterocycles. The Kier molecular flexibility index (Phi) is 3.63. The summed E-state index contributed by atoms with van der Waals surface area (Å²) in [7, 11) is 1.60. The molecule has 0 saturated carbocycles. The van der Waals surface area contributed by atoms with Crippen molar-refractivity contribution in [3.05, 3.63) is 51.2 Å². The van der Waals surface area contributed by atoms with Gasteiger partial charge >= 0.3 is 0 Å². The van der Waals surface area contributed by atoms with E-state index < -0.39 is 0 Å². The molecule has 7 heteroatoms. The van der Waals surface area contributed by atoms with Gasteiger partial charge in [0, 0.05) is 0 Å². The van der Waals surface area contributed by atoms with Gasteiger partial charge in [-0.05, 0) is 42.0 Å². The number of benzene rings is 1. The summed E-state index contributed by atoms with van der Waals surface area (Å²) in [6, 6.07) is 7.25. The van der Waals surface area contributed by atoms with Crippen LogP contribution in [0.25, 0.3) is 0 Å². The summed E-state index contributed by atoms with van der Waals surface area (Å²) < 4.78 is 6.25. The third-order valence-corrected chi connectivity index (χ3v) is 2.44. The second-order valence-corrected chi connectivity index (χ2v) is 3.73. The quantitative estimate of drug-likeness (QED) is 0.666. The van der Waals surface area contributed by atoms with Crippen LogP contribution in [0.4, 0.5) is 0 Å². The van der Waals surface area contributed by atoms with Crippen LogP contribution < -0.4 is 10.3 Å². The summed E-state index contributed by atoms with van der Waals surface area (Å²) in [6.07, 6.45) is 2.64. The number of aromatic nitrogens is 3. The van der Waals surface area contributed by atoms with Gasteiger partial charge in [-0.25, -0.2) is 0 Å². The van der Waals surface area contributed by atoms with E-state index in [0.717, 1.165) is 22.2 Å². The van der Waals surface area contributed by atoms with Gasteiger partial charge < -0.3 is 4.74 Å². The standard InChI is InChI=1S/C11H10N4O2S/c1-17-9-4-2-8(3-5-9)6-13-15-10(16)7-12-14-11(15)18/h2-7H,1H3,(H,14,18)/b13-6+. The molecular weight excluding hydrogens is 252 g/mol. The van der Waals surface area contributed by atoms with Gasteiger partial charge in [-0.15, -0.1) is 0 Å². The maximum absolute atomic E-state index is 11.4. The van der Waals surface area contributed by atoms with Crippen LogP contribution >= 0.6 is 12.2 Å². The van der Waals surface area contributed by atoms with Crippen molar-refractivity contribution in [3.8, 4) is 5.75 Å². The first kappa shape index (κ1) is 12.2. The zero-order valence-corrected chi connectivity index (χ0v) is 10.3. The van der Waals surface area contributed by atoms with E-state index in [-0.39, 0.29) is 10.3 Å². The van der Waals surface area contributed by atoms with Crippen molar-refractivity contribution < 1.29 is 4.74 Å². The molecule has 0 aliphatic rings. The number of rotatable bonds is 3. The molecule has 0 atom stereocenters. The van der Waals surface area contributed by atoms with Crippen molar-refractivity contribution in [2.24, 2.45) is 5.10 Å². The van der Waals surface area contributed by atoms with Crippen LogP contribution in [-0.4, -0.2) is 28.2 Å². The van der Waals surface area contributed by atoms with E-state index in [0.29, 0.717) is 0 Å². The minimum absolute atomic E-state index is 0.146. The third-order valence-electron chi connectivity index (χ3n) is 2.17. The lowest BCUT2D eigenvalue weighted by atomic mass is 10.2. The molecule has 0 amide bonds. The number of nitrogens with one attached hydrogen (secondary N) is 1. The summed E-state index contributed by atoms with van der Waals surface area (Å²) in [5, 5.41) is 10.1. The molecule has 1 aromatic heterocycles. The van der Waals surface area contributed by atoms with Crippen LogP contribution in [0, 0.1) is 4.77 Å². The summed E-state index contributed by atoms with van der Waals surface area (Å²) in [5.74, 6) is 0.755. The fraction of sp³-hybridized carbons (Fsp3) is 0.0909. The van der Waals surface area contributed by atoms with Crippen molar-refractivity contribution in [3.63, 3.8) is 0 Å². The molecule has 0 aliphatic heterocycles. The minimum atomic E-state index is -0.386. The zero-order valence-electron chi connectivity index (χ0n) is 9.53. The van der Waals surface area contributed by atoms with Crippen LogP contribution in [0.2, 0.25) is 0 Å². The van der Waals surface area contributed by atoms with Crippen molar-refractivity contribution in [2.45, 2.75) is 0 Å². The Bertz CT molecular complexity index is 644. The molecule has 18 heavy (non-hydrogen) atoms. The Morgan fingerprint density at radius 1 is 1.44 bits per heavy atom. The lowest BCUT2D eigenvalue weighted by molar-refractivity contribution is 0.415. The van der Waals surface area contributed by atoms with Crippen LogP contribution in [0.1, 0.15) is 5.56 Å². The number of H-pyrrole nitrogens is 1. The van der Waals surface area contributed by atoms with Crippen molar-refractivity contribution in [1.82, 2.24) is 14.9 Å². The average Bonchev–Trinajstić information content (AvgIpc) is 2.39. The van der Waals surface area contributed by atoms with Crippen molar-refractivity contribution in [1.29, 1.82) is 0 Å². The van der Waals surface area contributed by atoms with Gasteiger partial charge in [0.2, 0.25) is 4.77 Å². The Labute approximate surface area is 108 Å². The topological polar surface area (TPSA) is 72.3 Å². The Morgan fingerprint density at radius 3 is 2.78 bits per heavy atom. The van der Waals surface area contributed by atoms with E-state index in [1.165, 1.54) is 6.21 Å². The van der Waals surface area contributed by atoms with Crippen LogP contribution in [0.5, 0.6) is 5.75 Å². The van der Waals surface area contributed by atoms with Gasteiger partial charge in [-0.2, -0.15) is 14.9 Å². The molecule has 6 nitrogen and oxygen atoms in total. The number of methoxy groups -OCH3 is 1. The van der Waals surface area contributed by atoms with Crippen LogP contribution in [0.3, 0.4) is 0 Å². The summed E-state index contributed by atoms with van der Waals surface area (Å²) in [4.78, 5) is 11.4. The zero-order chi connectivity index (χ0) is 13.0. The van der Waals surface area contributed by atoms with Gasteiger partial charge in [0.05, 0.1) is 13.3 Å². The maximum atomic E-state index is 11.4. The van der Waals surface area contributed by atoms with Gasteiger partial charge in [0.15, 0.2) is 0 Å². The molecule has 1 heterocycles. The second-order valence-electron chi connectivity index (χ2n) is 3.34. The van der Waals surface area contributed by atoms with E-state index in [4.69, 9.17) is 17.0 Å². The first-order valence-electron chi connectivity index (χ1n) is 5.06. The number of hydrogen-bond donors (Lipinski definition) is 1. The van der Waals surface area contributed by atoms with Crippen molar-refractivity contribution in [2.75, 3.05) is 7.11 Å². The molecule has 2 aromatic rings. The number of ether oxygens (including phenoxy) is 1. The Hall–Kier alpha value is -2.28. The summed E-state index contributed by atoms with van der Waals surface area (Å²) in [6.45, 7) is 0. The fourth-order valence-electron chi connectivity index (χ4n) is 1.27. The fourth-order valence-corrected chi connectivity index (χ4v) is 1.46. The second kappa shape index (κ2) is 5.37. The Morgan fingerprint density at radius 2 is 2.17 bits per heavy atom. The van der Waals surface area contributed by atoms with Crippen molar-refractivity contribution >= 4 is 18.4 Å². The highest BCUT2D eigenvalue weighted by Gasteiger charge is 1.95. The molecule has 92 valence electrons. The number of nitrogens with zero attached hydrogens (tertiary/aromatic N) is 3. The lowest BCUT2D eigenvalue weighted by Crippen LogP contribution is -2.18. The van der Waals surface area contributed by atoms with Gasteiger partial charge in [-0.3, -0.25) is 9.89 Å². The molecule has 1 aromatic carbocycles. The highest BCUT2D eigenvalue weighted by atomic mass is 32.1. The van der Waals surface area contributed by atoms with Gasteiger partial charge in [0.25, 0.3) is 5.56 Å². The molecule has 0 bridgehead atoms. The SMILES string of the molecule is COc1ccc(/C=N/n2c(=O)cn[nH]c2=S)cc1. The smallest absolute Gasteiger partial charge is 0.293 e. The number of hydrogen-bond acceptors (Lipinski definition) is 5. The first-order valence-corrected chi connectivity index (χ1v) is 5.46. The van der Waals surface area contributed by atoms with Gasteiger partial charge in [0.1, 0.15) is 11.9 Å². The Balaban J connectivity index is 2.30. The van der Waals surface area contributed by atoms with Gasteiger partial charge in [-0.1, -0.05) is 0 Å². The molecular formula is C11H10N4O2S. The highest BCUT2D eigenvalue weighted by Crippen LogP contribution is 2.09. The van der Waals surface area contributed by atoms with E-state index in [9.17, 15) is 4.79 Å². The minimum Gasteiger partial charge on any atom is -0.497 e. The maximum Gasteiger partial charge on any atom is 0.293 e. The van der Waals surface area contributed by atoms with E-state index in [2.05, 4.69) is 15.3 Å². The molecule has 0 aliphatic carbocycles. The van der Waals surface area contributed by atoms with E-state index in [1.54, 1.807) is 19.2 Å². The van der Waals surface area contributed by atoms with E-state index >= 15 is 0 Å². The van der Waals surface area contributed by atoms with Crippen LogP contribution in [-0.2, 0) is 0 Å². The number of aromatic amines is 1. The summed E-state index contributed by atoms with van der Waals surface area (Å²) >= 11 is 4.91. The molecule has 2 rings (SSSR count). The highest BCUT2D eigenvalue weighted by molar-refractivity contribution is 7.71. The predicted octanol–water partition coefficient (Wildman–Crippen LogP) is 1.19. The lowest BCUT2D eigenvalue weighted by Gasteiger charge is -1.99. The molecule has 1 N–H and O–H groups in total. The monoisotopic (exact) mass is 262 g/mol. The molecule has 0 radical (unpaired) electrons. The predicted molar refractivity (Wildman–Crippen MR) is 69.7 cm³/mol. The largest absolute Gasteiger partial charge is 0.497 e. The molecule has 0 fully saturated rings. The third kappa shape index (κ3) is 2.69. The van der Waals surface area contributed by atoms with Crippen LogP contribution in [0.15, 0.2) is 40.4 Å². The van der Waals surface area contributed by atoms with E-state index in [1.807, 2.05) is 12.1 Å².